The van der Waals surface area contributed by atoms with Crippen molar-refractivity contribution < 1.29 is 18.0 Å². The van der Waals surface area contributed by atoms with Crippen LogP contribution in [-0.2, 0) is 32.6 Å². The number of aryl methyl sites for hydroxylation is 1. The molecule has 4 aromatic carbocycles. The molecule has 4 aromatic rings. The van der Waals surface area contributed by atoms with Crippen LogP contribution in [0.3, 0.4) is 0 Å². The molecule has 0 aliphatic heterocycles. The number of benzene rings is 4. The monoisotopic (exact) mass is 667 g/mol. The lowest BCUT2D eigenvalue weighted by Gasteiger charge is -2.33. The van der Waals surface area contributed by atoms with Crippen LogP contribution in [0.5, 0.6) is 0 Å². The van der Waals surface area contributed by atoms with Crippen molar-refractivity contribution in [2.75, 3.05) is 17.9 Å². The van der Waals surface area contributed by atoms with Crippen LogP contribution in [0.25, 0.3) is 0 Å². The Bertz CT molecular complexity index is 1630. The molecule has 0 spiro atoms. The summed E-state index contributed by atoms with van der Waals surface area (Å²) >= 11 is 9.92. The molecule has 0 radical (unpaired) electrons. The second kappa shape index (κ2) is 14.0. The fraction of sp³-hybridized carbons (Fsp3) is 0.188. The first-order valence-electron chi connectivity index (χ1n) is 13.2. The van der Waals surface area contributed by atoms with Gasteiger partial charge in [0.25, 0.3) is 10.0 Å². The van der Waals surface area contributed by atoms with E-state index in [1.165, 1.54) is 24.1 Å². The molecule has 0 heterocycles. The van der Waals surface area contributed by atoms with E-state index in [-0.39, 0.29) is 34.5 Å². The highest BCUT2D eigenvalue weighted by Crippen LogP contribution is 2.31. The van der Waals surface area contributed by atoms with Gasteiger partial charge in [0.2, 0.25) is 11.8 Å². The minimum atomic E-state index is -4.22. The van der Waals surface area contributed by atoms with Crippen LogP contribution >= 0.6 is 27.5 Å². The third kappa shape index (κ3) is 7.59. The molecule has 0 aliphatic rings. The van der Waals surface area contributed by atoms with Crippen molar-refractivity contribution in [2.45, 2.75) is 30.8 Å². The van der Waals surface area contributed by atoms with Crippen molar-refractivity contribution in [2.24, 2.45) is 0 Å². The minimum absolute atomic E-state index is 0.0208. The Balaban J connectivity index is 1.79. The Morgan fingerprint density at radius 1 is 0.857 bits per heavy atom. The zero-order valence-electron chi connectivity index (χ0n) is 23.2. The van der Waals surface area contributed by atoms with E-state index < -0.39 is 28.5 Å². The van der Waals surface area contributed by atoms with Crippen molar-refractivity contribution >= 4 is 55.1 Å². The molecule has 42 heavy (non-hydrogen) atoms. The van der Waals surface area contributed by atoms with Gasteiger partial charge >= 0.3 is 0 Å². The zero-order chi connectivity index (χ0) is 30.3. The summed E-state index contributed by atoms with van der Waals surface area (Å²) in [6, 6.07) is 28.7. The predicted octanol–water partition coefficient (Wildman–Crippen LogP) is 5.99. The van der Waals surface area contributed by atoms with E-state index in [4.69, 9.17) is 11.6 Å². The number of nitrogens with zero attached hydrogens (tertiary/aromatic N) is 2. The quantitative estimate of drug-likeness (QED) is 0.213. The first-order chi connectivity index (χ1) is 20.1. The molecule has 10 heteroatoms. The SMILES string of the molecule is CNC(=O)[C@@H](Cc1ccccc1)N(Cc1ccc(Br)cc1)C(=O)CN(c1ccccc1Cl)S(=O)(=O)c1ccc(C)cc1. The first kappa shape index (κ1) is 31.3. The van der Waals surface area contributed by atoms with E-state index >= 15 is 0 Å². The molecule has 0 unspecified atom stereocenters. The number of carbonyl (C=O) groups is 2. The third-order valence-corrected chi connectivity index (χ3v) is 9.41. The highest BCUT2D eigenvalue weighted by atomic mass is 79.9. The summed E-state index contributed by atoms with van der Waals surface area (Å²) in [4.78, 5) is 29.0. The zero-order valence-corrected chi connectivity index (χ0v) is 26.4. The van der Waals surface area contributed by atoms with Gasteiger partial charge in [-0.05, 0) is 54.4 Å². The normalized spacial score (nSPS) is 11.9. The predicted molar refractivity (Wildman–Crippen MR) is 170 cm³/mol. The van der Waals surface area contributed by atoms with Gasteiger partial charge in [0.1, 0.15) is 12.6 Å². The molecular weight excluding hydrogens is 638 g/mol. The van der Waals surface area contributed by atoms with Crippen LogP contribution in [-0.4, -0.2) is 44.8 Å². The molecule has 4 rings (SSSR count). The summed E-state index contributed by atoms with van der Waals surface area (Å²) < 4.78 is 29.9. The van der Waals surface area contributed by atoms with Gasteiger partial charge in [-0.1, -0.05) is 99.8 Å². The van der Waals surface area contributed by atoms with E-state index in [0.29, 0.717) is 0 Å². The topological polar surface area (TPSA) is 86.8 Å². The number of rotatable bonds is 11. The maximum Gasteiger partial charge on any atom is 0.264 e. The fourth-order valence-corrected chi connectivity index (χ4v) is 6.50. The second-order valence-electron chi connectivity index (χ2n) is 9.74. The van der Waals surface area contributed by atoms with Gasteiger partial charge in [0.05, 0.1) is 15.6 Å². The molecule has 0 saturated heterocycles. The highest BCUT2D eigenvalue weighted by Gasteiger charge is 2.35. The Morgan fingerprint density at radius 3 is 2.10 bits per heavy atom. The second-order valence-corrected chi connectivity index (χ2v) is 12.9. The van der Waals surface area contributed by atoms with E-state index in [1.807, 2.05) is 61.5 Å². The molecule has 1 N–H and O–H groups in total. The van der Waals surface area contributed by atoms with E-state index in [0.717, 1.165) is 25.5 Å². The average molecular weight is 669 g/mol. The van der Waals surface area contributed by atoms with Gasteiger partial charge in [-0.25, -0.2) is 8.42 Å². The smallest absolute Gasteiger partial charge is 0.264 e. The maximum absolute atomic E-state index is 14.3. The van der Waals surface area contributed by atoms with E-state index in [9.17, 15) is 18.0 Å². The number of sulfonamides is 1. The van der Waals surface area contributed by atoms with Crippen molar-refractivity contribution in [1.29, 1.82) is 0 Å². The molecule has 0 bridgehead atoms. The fourth-order valence-electron chi connectivity index (χ4n) is 4.51. The summed E-state index contributed by atoms with van der Waals surface area (Å²) in [5.41, 5.74) is 2.69. The highest BCUT2D eigenvalue weighted by molar-refractivity contribution is 9.10. The summed E-state index contributed by atoms with van der Waals surface area (Å²) in [6.07, 6.45) is 0.236. The lowest BCUT2D eigenvalue weighted by atomic mass is 10.0. The number of halogens is 2. The van der Waals surface area contributed by atoms with Gasteiger partial charge < -0.3 is 10.2 Å². The molecule has 0 saturated carbocycles. The van der Waals surface area contributed by atoms with Gasteiger partial charge in [-0.3, -0.25) is 13.9 Å². The van der Waals surface area contributed by atoms with Crippen molar-refractivity contribution in [1.82, 2.24) is 10.2 Å². The minimum Gasteiger partial charge on any atom is -0.357 e. The van der Waals surface area contributed by atoms with Gasteiger partial charge in [0, 0.05) is 24.5 Å². The lowest BCUT2D eigenvalue weighted by molar-refractivity contribution is -0.139. The Labute approximate surface area is 260 Å². The number of amides is 2. The van der Waals surface area contributed by atoms with Crippen molar-refractivity contribution in [3.63, 3.8) is 0 Å². The summed E-state index contributed by atoms with van der Waals surface area (Å²) in [6.45, 7) is 1.37. The number of anilines is 1. The largest absolute Gasteiger partial charge is 0.357 e. The average Bonchev–Trinajstić information content (AvgIpc) is 2.99. The standard InChI is InChI=1S/C32H31BrClN3O4S/c1-23-12-18-27(19-13-23)42(40,41)37(29-11-7-6-10-28(29)34)22-31(38)36(21-25-14-16-26(33)17-15-25)30(32(39)35-2)20-24-8-4-3-5-9-24/h3-19,30H,20-22H2,1-2H3,(H,35,39)/t30-/m1/s1. The molecule has 0 fully saturated rings. The van der Waals surface area contributed by atoms with E-state index in [2.05, 4.69) is 21.2 Å². The van der Waals surface area contributed by atoms with Crippen LogP contribution < -0.4 is 9.62 Å². The molecule has 7 nitrogen and oxygen atoms in total. The number of nitrogens with one attached hydrogen (secondary N) is 1. The molecule has 2 amide bonds. The van der Waals surface area contributed by atoms with Crippen LogP contribution in [0.4, 0.5) is 5.69 Å². The number of carbonyl (C=O) groups excluding carboxylic acids is 2. The van der Waals surface area contributed by atoms with Crippen LogP contribution in [0.15, 0.2) is 112 Å². The number of para-hydroxylation sites is 1. The lowest BCUT2D eigenvalue weighted by Crippen LogP contribution is -2.53. The summed E-state index contributed by atoms with van der Waals surface area (Å²) in [5.74, 6) is -0.923. The summed E-state index contributed by atoms with van der Waals surface area (Å²) in [5, 5.41) is 2.85. The van der Waals surface area contributed by atoms with Crippen molar-refractivity contribution in [3.8, 4) is 0 Å². The van der Waals surface area contributed by atoms with Crippen molar-refractivity contribution in [3.05, 3.63) is 129 Å². The first-order valence-corrected chi connectivity index (χ1v) is 15.8. The third-order valence-electron chi connectivity index (χ3n) is 6.79. The van der Waals surface area contributed by atoms with E-state index in [1.54, 1.807) is 36.4 Å². The van der Waals surface area contributed by atoms with Gasteiger partial charge in [0.15, 0.2) is 0 Å². The van der Waals surface area contributed by atoms with Crippen LogP contribution in [0, 0.1) is 6.92 Å². The molecule has 1 atom stereocenters. The Hall–Kier alpha value is -3.66. The number of hydrogen-bond donors (Lipinski definition) is 1. The Kier molecular flexibility index (Phi) is 10.4. The molecular formula is C32H31BrClN3O4S. The maximum atomic E-state index is 14.3. The van der Waals surface area contributed by atoms with Crippen LogP contribution in [0.1, 0.15) is 16.7 Å². The summed E-state index contributed by atoms with van der Waals surface area (Å²) in [7, 11) is -2.70. The van der Waals surface area contributed by atoms with Crippen LogP contribution in [0.2, 0.25) is 5.02 Å². The number of likely N-dealkylation sites (N-methyl/N-ethyl adjacent to an activating group) is 1. The molecule has 0 aromatic heterocycles. The molecule has 218 valence electrons. The number of hydrogen-bond acceptors (Lipinski definition) is 4. The Morgan fingerprint density at radius 2 is 1.48 bits per heavy atom. The van der Waals surface area contributed by atoms with Gasteiger partial charge in [-0.2, -0.15) is 0 Å². The van der Waals surface area contributed by atoms with Gasteiger partial charge in [-0.15, -0.1) is 0 Å². The molecule has 0 aliphatic carbocycles.